The van der Waals surface area contributed by atoms with Crippen LogP contribution in [0.3, 0.4) is 0 Å². The minimum absolute atomic E-state index is 0.281. The lowest BCUT2D eigenvalue weighted by atomic mass is 9.89. The van der Waals surface area contributed by atoms with Crippen LogP contribution in [0.15, 0.2) is 39.2 Å². The van der Waals surface area contributed by atoms with Crippen molar-refractivity contribution in [2.45, 2.75) is 75.5 Å². The molecule has 2 aliphatic heterocycles. The van der Waals surface area contributed by atoms with E-state index in [1.165, 1.54) is 19.2 Å². The maximum atomic E-state index is 12.8. The first-order valence-corrected chi connectivity index (χ1v) is 13.2. The first-order chi connectivity index (χ1) is 17.4. The molecule has 1 aromatic carbocycles. The van der Waals surface area contributed by atoms with E-state index in [0.717, 1.165) is 51.4 Å². The lowest BCUT2D eigenvalue weighted by molar-refractivity contribution is 0.0975. The van der Waals surface area contributed by atoms with Gasteiger partial charge in [0.15, 0.2) is 16.6 Å². The van der Waals surface area contributed by atoms with Crippen LogP contribution in [0, 0.1) is 0 Å². The van der Waals surface area contributed by atoms with Crippen molar-refractivity contribution in [2.24, 2.45) is 15.0 Å². The Labute approximate surface area is 220 Å². The fourth-order valence-corrected chi connectivity index (χ4v) is 5.66. The summed E-state index contributed by atoms with van der Waals surface area (Å²) >= 11 is 10.7. The predicted molar refractivity (Wildman–Crippen MR) is 147 cm³/mol. The molecule has 36 heavy (non-hydrogen) atoms. The van der Waals surface area contributed by atoms with Gasteiger partial charge in [-0.1, -0.05) is 12.8 Å². The average molecular weight is 527 g/mol. The Morgan fingerprint density at radius 3 is 2.11 bits per heavy atom. The second kappa shape index (κ2) is 10.5. The smallest absolute Gasteiger partial charge is 0.257 e. The number of amides is 1. The van der Waals surface area contributed by atoms with E-state index in [1.807, 2.05) is 0 Å². The molecule has 2 fully saturated rings. The fourth-order valence-electron chi connectivity index (χ4n) is 5.09. The third-order valence-corrected chi connectivity index (χ3v) is 7.28. The quantitative estimate of drug-likeness (QED) is 0.232. The largest absolute Gasteiger partial charge is 0.446 e. The first-order valence-electron chi connectivity index (χ1n) is 12.4. The Morgan fingerprint density at radius 1 is 0.889 bits per heavy atom. The van der Waals surface area contributed by atoms with Crippen molar-refractivity contribution in [3.05, 3.63) is 29.8 Å². The van der Waals surface area contributed by atoms with Gasteiger partial charge in [0.1, 0.15) is 17.1 Å². The van der Waals surface area contributed by atoms with Crippen molar-refractivity contribution in [1.82, 2.24) is 26.6 Å². The second-order valence-electron chi connectivity index (χ2n) is 9.57. The highest BCUT2D eigenvalue weighted by Crippen LogP contribution is 2.31. The van der Waals surface area contributed by atoms with Crippen LogP contribution in [0.1, 0.15) is 74.6 Å². The maximum Gasteiger partial charge on any atom is 0.257 e. The predicted octanol–water partition coefficient (Wildman–Crippen LogP) is 2.81. The summed E-state index contributed by atoms with van der Waals surface area (Å²) in [4.78, 5) is 26.6. The fraction of sp³-hybridized carbons (Fsp3) is 0.500. The molecule has 1 aromatic rings. The number of rotatable bonds is 3. The van der Waals surface area contributed by atoms with Crippen LogP contribution in [-0.2, 0) is 0 Å². The molecule has 0 aromatic heterocycles. The molecule has 12 heteroatoms. The summed E-state index contributed by atoms with van der Waals surface area (Å²) in [6, 6.07) is 6.77. The van der Waals surface area contributed by atoms with Gasteiger partial charge in [-0.3, -0.25) is 10.1 Å². The number of hydrogen-bond acceptors (Lipinski definition) is 7. The summed E-state index contributed by atoms with van der Waals surface area (Å²) in [5.41, 5.74) is -0.315. The van der Waals surface area contributed by atoms with Crippen molar-refractivity contribution in [2.75, 3.05) is 0 Å². The minimum atomic E-state index is -0.422. The van der Waals surface area contributed by atoms with Gasteiger partial charge in [-0.25, -0.2) is 9.98 Å². The van der Waals surface area contributed by atoms with Gasteiger partial charge in [0.2, 0.25) is 11.9 Å². The lowest BCUT2D eigenvalue weighted by Gasteiger charge is -2.39. The molecule has 10 nitrogen and oxygen atoms in total. The molecule has 2 heterocycles. The molecule has 1 amide bonds. The van der Waals surface area contributed by atoms with E-state index < -0.39 is 5.66 Å². The van der Waals surface area contributed by atoms with Crippen molar-refractivity contribution in [1.29, 1.82) is 0 Å². The Morgan fingerprint density at radius 2 is 1.47 bits per heavy atom. The van der Waals surface area contributed by atoms with E-state index in [9.17, 15) is 4.79 Å². The normalized spacial score (nSPS) is 22.6. The van der Waals surface area contributed by atoms with Crippen molar-refractivity contribution < 1.29 is 9.53 Å². The highest BCUT2D eigenvalue weighted by atomic mass is 32.1. The highest BCUT2D eigenvalue weighted by molar-refractivity contribution is 7.80. The van der Waals surface area contributed by atoms with E-state index in [2.05, 4.69) is 31.6 Å². The number of thiocarbonyl (C=S) groups is 2. The zero-order chi connectivity index (χ0) is 25.0. The molecule has 5 rings (SSSR count). The van der Waals surface area contributed by atoms with Crippen molar-refractivity contribution >= 4 is 58.9 Å². The van der Waals surface area contributed by atoms with Gasteiger partial charge in [0, 0.05) is 5.56 Å². The summed E-state index contributed by atoms with van der Waals surface area (Å²) in [7, 11) is 0. The van der Waals surface area contributed by atoms with Gasteiger partial charge in [-0.05, 0) is 100 Å². The Hall–Kier alpha value is -3.12. The molecule has 2 saturated carbocycles. The van der Waals surface area contributed by atoms with E-state index in [1.54, 1.807) is 24.3 Å². The first kappa shape index (κ1) is 24.6. The average Bonchev–Trinajstić information content (AvgIpc) is 2.84. The Kier molecular flexibility index (Phi) is 7.15. The Bertz CT molecular complexity index is 1120. The van der Waals surface area contributed by atoms with Crippen LogP contribution in [0.5, 0.6) is 5.75 Å². The third kappa shape index (κ3) is 5.81. The van der Waals surface area contributed by atoms with E-state index in [-0.39, 0.29) is 11.6 Å². The molecule has 0 atom stereocenters. The molecule has 0 bridgehead atoms. The summed E-state index contributed by atoms with van der Waals surface area (Å²) in [6.45, 7) is 0. The van der Waals surface area contributed by atoms with Gasteiger partial charge in [0.25, 0.3) is 5.91 Å². The van der Waals surface area contributed by atoms with E-state index >= 15 is 0 Å². The zero-order valence-corrected chi connectivity index (χ0v) is 21.6. The molecular weight excluding hydrogens is 496 g/mol. The minimum Gasteiger partial charge on any atom is -0.446 e. The summed E-state index contributed by atoms with van der Waals surface area (Å²) in [6.07, 6.45) is 11.8. The summed E-state index contributed by atoms with van der Waals surface area (Å²) < 4.78 is 5.62. The monoisotopic (exact) mass is 526 g/mol. The Balaban J connectivity index is 1.19. The topological polar surface area (TPSA) is 124 Å². The number of nitrogens with one attached hydrogen (secondary N) is 5. The zero-order valence-electron chi connectivity index (χ0n) is 19.9. The number of carbonyl (C=O) groups is 1. The standard InChI is InChI=1S/C24H30N8O2S2/c33-18(26-20-28-22(36)32-24(30-20)13-5-2-6-14-24)16-7-9-17(10-8-16)34-15-25-19-27-21(35)31-23(29-19)11-3-1-4-12-23/h7-10,15H,1-6,11-14H2,(H2,27,29,31,35)(H3,26,28,30,32,33,36). The van der Waals surface area contributed by atoms with Crippen LogP contribution in [0.4, 0.5) is 0 Å². The van der Waals surface area contributed by atoms with Crippen LogP contribution >= 0.6 is 24.4 Å². The number of hydrogen-bond donors (Lipinski definition) is 5. The SMILES string of the molecule is O=C(NC1=NC2(CCCCC2)NC(=S)N1)c1ccc(OC=NC2=NC3(CCCCC3)NC(=S)N2)cc1. The number of nitrogens with zero attached hydrogens (tertiary/aromatic N) is 3. The van der Waals surface area contributed by atoms with Crippen molar-refractivity contribution in [3.8, 4) is 5.75 Å². The number of guanidine groups is 2. The lowest BCUT2D eigenvalue weighted by Crippen LogP contribution is -2.61. The van der Waals surface area contributed by atoms with E-state index in [0.29, 0.717) is 33.5 Å². The maximum absolute atomic E-state index is 12.8. The molecule has 190 valence electrons. The number of ether oxygens (including phenoxy) is 1. The van der Waals surface area contributed by atoms with Gasteiger partial charge in [-0.2, -0.15) is 4.99 Å². The van der Waals surface area contributed by atoms with E-state index in [4.69, 9.17) is 39.2 Å². The van der Waals surface area contributed by atoms with Gasteiger partial charge >= 0.3 is 0 Å². The van der Waals surface area contributed by atoms with Gasteiger partial charge in [0.05, 0.1) is 0 Å². The molecule has 2 spiro atoms. The molecule has 2 aliphatic carbocycles. The van der Waals surface area contributed by atoms with Gasteiger partial charge < -0.3 is 26.0 Å². The van der Waals surface area contributed by atoms with Crippen LogP contribution in [0.2, 0.25) is 0 Å². The molecule has 4 aliphatic rings. The number of aliphatic imine (C=N–C) groups is 3. The summed E-state index contributed by atoms with van der Waals surface area (Å²) in [5.74, 6) is 1.07. The highest BCUT2D eigenvalue weighted by Gasteiger charge is 2.37. The molecule has 0 unspecified atom stereocenters. The molecular formula is C24H30N8O2S2. The molecule has 5 N–H and O–H groups in total. The second-order valence-corrected chi connectivity index (χ2v) is 10.4. The van der Waals surface area contributed by atoms with Crippen LogP contribution in [0.25, 0.3) is 0 Å². The van der Waals surface area contributed by atoms with Crippen LogP contribution in [-0.4, -0.2) is 45.8 Å². The number of benzene rings is 1. The number of carbonyl (C=O) groups excluding carboxylic acids is 1. The van der Waals surface area contributed by atoms with Crippen molar-refractivity contribution in [3.63, 3.8) is 0 Å². The molecule has 0 saturated heterocycles. The van der Waals surface area contributed by atoms with Gasteiger partial charge in [-0.15, -0.1) is 0 Å². The van der Waals surface area contributed by atoms with Crippen LogP contribution < -0.4 is 31.3 Å². The summed E-state index contributed by atoms with van der Waals surface area (Å²) in [5, 5.41) is 16.3. The molecule has 0 radical (unpaired) electrons. The third-order valence-electron chi connectivity index (χ3n) is 6.87.